The van der Waals surface area contributed by atoms with Gasteiger partial charge in [-0.2, -0.15) is 0 Å². The second kappa shape index (κ2) is 21.1. The number of nitrogens with one attached hydrogen (secondary N) is 1. The number of rotatable bonds is 21. The van der Waals surface area contributed by atoms with Crippen LogP contribution in [-0.2, 0) is 28.7 Å². The lowest BCUT2D eigenvalue weighted by Gasteiger charge is -2.41. The van der Waals surface area contributed by atoms with Crippen molar-refractivity contribution < 1.29 is 38.9 Å². The third-order valence-corrected chi connectivity index (χ3v) is 11.1. The highest BCUT2D eigenvalue weighted by Gasteiger charge is 2.43. The van der Waals surface area contributed by atoms with Crippen LogP contribution >= 0.6 is 0 Å². The summed E-state index contributed by atoms with van der Waals surface area (Å²) >= 11 is 0. The van der Waals surface area contributed by atoms with E-state index in [1.54, 1.807) is 38.1 Å². The van der Waals surface area contributed by atoms with Gasteiger partial charge in [-0.1, -0.05) is 78.3 Å². The third-order valence-electron chi connectivity index (χ3n) is 11.1. The van der Waals surface area contributed by atoms with Gasteiger partial charge in [0.2, 0.25) is 17.7 Å². The van der Waals surface area contributed by atoms with Crippen molar-refractivity contribution in [1.82, 2.24) is 20.0 Å². The summed E-state index contributed by atoms with van der Waals surface area (Å²) in [6.45, 7) is 13.5. The lowest BCUT2D eigenvalue weighted by atomic mass is 9.85. The number of aliphatic hydroxyl groups excluding tert-OH is 2. The van der Waals surface area contributed by atoms with Gasteiger partial charge < -0.3 is 34.8 Å². The van der Waals surface area contributed by atoms with E-state index < -0.39 is 54.4 Å². The maximum absolute atomic E-state index is 14.1. The molecule has 12 heteroatoms. The summed E-state index contributed by atoms with van der Waals surface area (Å²) in [7, 11) is 8.31. The summed E-state index contributed by atoms with van der Waals surface area (Å²) in [5, 5.41) is 24.4. The molecule has 1 aromatic rings. The van der Waals surface area contributed by atoms with E-state index in [0.29, 0.717) is 19.4 Å². The number of carbonyl (C=O) groups is 4. The van der Waals surface area contributed by atoms with Crippen molar-refractivity contribution in [2.24, 2.45) is 23.7 Å². The molecular weight excluding hydrogens is 664 g/mol. The molecule has 0 spiro atoms. The number of ether oxygens (including phenoxy) is 2. The predicted molar refractivity (Wildman–Crippen MR) is 202 cm³/mol. The molecule has 1 fully saturated rings. The Bertz CT molecular complexity index is 1270. The molecule has 3 N–H and O–H groups in total. The first-order chi connectivity index (χ1) is 24.4. The number of nitrogens with zero attached hydrogens (tertiary/aromatic N) is 3. The number of likely N-dealkylation sites (tertiary alicyclic amines) is 1. The van der Waals surface area contributed by atoms with E-state index in [4.69, 9.17) is 9.47 Å². The normalized spacial score (nSPS) is 20.7. The van der Waals surface area contributed by atoms with Crippen molar-refractivity contribution in [3.63, 3.8) is 0 Å². The first kappa shape index (κ1) is 45.3. The Morgan fingerprint density at radius 3 is 2.04 bits per heavy atom. The largest absolute Gasteiger partial charge is 0.391 e. The number of methoxy groups -OCH3 is 2. The van der Waals surface area contributed by atoms with Crippen LogP contribution in [0.15, 0.2) is 30.3 Å². The van der Waals surface area contributed by atoms with Gasteiger partial charge in [-0.25, -0.2) is 0 Å². The number of benzene rings is 1. The molecule has 11 atom stereocenters. The Morgan fingerprint density at radius 2 is 1.54 bits per heavy atom. The van der Waals surface area contributed by atoms with E-state index in [1.807, 2.05) is 71.9 Å². The fourth-order valence-corrected chi connectivity index (χ4v) is 7.91. The fraction of sp³-hybridized carbons (Fsp3) is 0.750. The van der Waals surface area contributed by atoms with E-state index in [0.717, 1.165) is 12.0 Å². The third kappa shape index (κ3) is 11.5. The summed E-state index contributed by atoms with van der Waals surface area (Å²) in [6, 6.07) is 6.73. The van der Waals surface area contributed by atoms with Crippen molar-refractivity contribution in [2.75, 3.05) is 41.9 Å². The fourth-order valence-electron chi connectivity index (χ4n) is 7.91. The molecule has 0 radical (unpaired) electrons. The van der Waals surface area contributed by atoms with Gasteiger partial charge in [-0.15, -0.1) is 0 Å². The molecule has 0 aromatic heterocycles. The molecule has 52 heavy (non-hydrogen) atoms. The summed E-state index contributed by atoms with van der Waals surface area (Å²) in [5.41, 5.74) is 0.761. The van der Waals surface area contributed by atoms with Crippen LogP contribution in [0.1, 0.15) is 92.2 Å². The highest BCUT2D eigenvalue weighted by Crippen LogP contribution is 2.32. The van der Waals surface area contributed by atoms with Crippen molar-refractivity contribution in [3.05, 3.63) is 35.9 Å². The SMILES string of the molecule is CC[C@H](C)[C@@H]([C@@H](CC(=O)N1CCC[C@H]1[C@H](OC)[C@@H](C)C(=O)C[C@H](C)[C@@H](O)c1ccccc1)OC)N(C)C(=O)[C@@H](NC(=O)[C@H](C(C)C)N(C)C)[C@@H](C)O. The second-order valence-corrected chi connectivity index (χ2v) is 15.5. The molecule has 1 heterocycles. The molecule has 1 saturated heterocycles. The van der Waals surface area contributed by atoms with Crippen molar-refractivity contribution >= 4 is 23.5 Å². The minimum absolute atomic E-state index is 0.0134. The summed E-state index contributed by atoms with van der Waals surface area (Å²) in [6.07, 6.45) is -0.897. The monoisotopic (exact) mass is 733 g/mol. The van der Waals surface area contributed by atoms with Crippen molar-refractivity contribution in [1.29, 1.82) is 0 Å². The van der Waals surface area contributed by atoms with Gasteiger partial charge in [0.1, 0.15) is 11.8 Å². The van der Waals surface area contributed by atoms with E-state index in [9.17, 15) is 29.4 Å². The van der Waals surface area contributed by atoms with E-state index >= 15 is 0 Å². The van der Waals surface area contributed by atoms with E-state index in [2.05, 4.69) is 5.32 Å². The number of hydrogen-bond donors (Lipinski definition) is 3. The Morgan fingerprint density at radius 1 is 0.923 bits per heavy atom. The molecule has 12 nitrogen and oxygen atoms in total. The molecule has 0 bridgehead atoms. The quantitative estimate of drug-likeness (QED) is 0.172. The zero-order valence-corrected chi connectivity index (χ0v) is 33.7. The Labute approximate surface area is 312 Å². The van der Waals surface area contributed by atoms with Crippen molar-refractivity contribution in [2.45, 2.75) is 129 Å². The molecular formula is C40H68N4O8. The molecule has 1 aromatic carbocycles. The van der Waals surface area contributed by atoms with Crippen molar-refractivity contribution in [3.8, 4) is 0 Å². The molecule has 1 aliphatic heterocycles. The molecule has 3 amide bonds. The zero-order valence-electron chi connectivity index (χ0n) is 33.7. The highest BCUT2D eigenvalue weighted by molar-refractivity contribution is 5.90. The number of likely N-dealkylation sites (N-methyl/N-ethyl adjacent to an activating group) is 2. The lowest BCUT2D eigenvalue weighted by molar-refractivity contribution is -0.149. The lowest BCUT2D eigenvalue weighted by Crippen LogP contribution is -2.61. The van der Waals surface area contributed by atoms with Gasteiger partial charge >= 0.3 is 0 Å². The molecule has 0 saturated carbocycles. The maximum atomic E-state index is 14.1. The summed E-state index contributed by atoms with van der Waals surface area (Å²) in [4.78, 5) is 60.1. The van der Waals surface area contributed by atoms with Crippen LogP contribution in [-0.4, -0.2) is 133 Å². The Kier molecular flexibility index (Phi) is 18.4. The number of Topliss-reactive ketones (excluding diaryl/α,β-unsaturated/α-hetero) is 1. The predicted octanol–water partition coefficient (Wildman–Crippen LogP) is 3.69. The first-order valence-electron chi connectivity index (χ1n) is 18.9. The van der Waals surface area contributed by atoms with Crippen LogP contribution < -0.4 is 5.32 Å². The minimum Gasteiger partial charge on any atom is -0.391 e. The number of amides is 3. The van der Waals surface area contributed by atoms with Gasteiger partial charge in [0.25, 0.3) is 0 Å². The summed E-state index contributed by atoms with van der Waals surface area (Å²) < 4.78 is 11.9. The topological polar surface area (TPSA) is 149 Å². The number of aliphatic hydroxyl groups is 2. The van der Waals surface area contributed by atoms with Crippen LogP contribution in [0.25, 0.3) is 0 Å². The zero-order chi connectivity index (χ0) is 39.4. The Hall–Kier alpha value is -2.90. The average Bonchev–Trinajstić information content (AvgIpc) is 3.59. The minimum atomic E-state index is -1.19. The van der Waals surface area contributed by atoms with Gasteiger partial charge in [0.05, 0.1) is 49.0 Å². The van der Waals surface area contributed by atoms with Gasteiger partial charge in [0, 0.05) is 40.2 Å². The second-order valence-electron chi connectivity index (χ2n) is 15.5. The number of ketones is 1. The molecule has 0 aliphatic carbocycles. The highest BCUT2D eigenvalue weighted by atomic mass is 16.5. The molecule has 1 aliphatic rings. The Balaban J connectivity index is 2.25. The van der Waals surface area contributed by atoms with E-state index in [-0.39, 0.29) is 54.2 Å². The van der Waals surface area contributed by atoms with Gasteiger partial charge in [0.15, 0.2) is 0 Å². The van der Waals surface area contributed by atoms with Gasteiger partial charge in [-0.3, -0.25) is 24.1 Å². The molecule has 296 valence electrons. The van der Waals surface area contributed by atoms with Crippen LogP contribution in [0.5, 0.6) is 0 Å². The smallest absolute Gasteiger partial charge is 0.247 e. The van der Waals surface area contributed by atoms with Crippen LogP contribution in [0.4, 0.5) is 0 Å². The first-order valence-corrected chi connectivity index (χ1v) is 18.9. The van der Waals surface area contributed by atoms with Crippen LogP contribution in [0.3, 0.4) is 0 Å². The van der Waals surface area contributed by atoms with Crippen LogP contribution in [0, 0.1) is 23.7 Å². The molecule has 2 rings (SSSR count). The summed E-state index contributed by atoms with van der Waals surface area (Å²) in [5.74, 6) is -1.96. The average molecular weight is 733 g/mol. The number of carbonyl (C=O) groups excluding carboxylic acids is 4. The van der Waals surface area contributed by atoms with E-state index in [1.165, 1.54) is 18.9 Å². The van der Waals surface area contributed by atoms with Gasteiger partial charge in [-0.05, 0) is 57.2 Å². The standard InChI is InChI=1S/C40H68N4O8/c1-13-25(4)36(43(10)40(50)34(28(7)45)41-39(49)35(24(2)3)42(8)9)32(51-11)23-33(47)44-21-17-20-30(44)38(52-12)27(6)31(46)22-26(5)37(48)29-18-15-14-16-19-29/h14-16,18-19,24-28,30,32,34-38,45,48H,13,17,20-23H2,1-12H3,(H,41,49)/t25-,26-,27-,28+,30-,32+,34-,35-,36-,37+,38+/m0/s1. The maximum Gasteiger partial charge on any atom is 0.247 e. The number of hydrogen-bond acceptors (Lipinski definition) is 9. The van der Waals surface area contributed by atoms with Crippen LogP contribution in [0.2, 0.25) is 0 Å². The molecule has 0 unspecified atom stereocenters.